The maximum atomic E-state index is 15.3. The summed E-state index contributed by atoms with van der Waals surface area (Å²) in [6.07, 6.45) is 2.73. The molecule has 2 aliphatic rings. The second-order valence-corrected chi connectivity index (χ2v) is 11.7. The Kier molecular flexibility index (Phi) is 10.1. The van der Waals surface area contributed by atoms with E-state index in [9.17, 15) is 14.0 Å². The van der Waals surface area contributed by atoms with Crippen LogP contribution in [0.2, 0.25) is 0 Å². The Balaban J connectivity index is 1.27. The highest BCUT2D eigenvalue weighted by Gasteiger charge is 2.56. The molecule has 1 saturated heterocycles. The van der Waals surface area contributed by atoms with Crippen LogP contribution in [-0.4, -0.2) is 63.0 Å². The molecule has 46 heavy (non-hydrogen) atoms. The number of hydrogen-bond acceptors (Lipinski definition) is 8. The van der Waals surface area contributed by atoms with Crippen LogP contribution in [0.25, 0.3) is 0 Å². The number of hydrogen-bond donors (Lipinski definition) is 3. The summed E-state index contributed by atoms with van der Waals surface area (Å²) < 4.78 is 46.2. The van der Waals surface area contributed by atoms with Crippen LogP contribution in [0.5, 0.6) is 17.2 Å². The van der Waals surface area contributed by atoms with Gasteiger partial charge in [0.15, 0.2) is 23.1 Å². The molecule has 2 fully saturated rings. The second kappa shape index (κ2) is 14.2. The number of likely N-dealkylation sites (tertiary alicyclic amines) is 1. The van der Waals surface area contributed by atoms with Gasteiger partial charge in [-0.15, -0.1) is 0 Å². The molecule has 10 nitrogen and oxygen atoms in total. The maximum Gasteiger partial charge on any atom is 0.240 e. The number of carbonyl (C=O) groups excluding carboxylic acids is 2. The van der Waals surface area contributed by atoms with Crippen molar-refractivity contribution in [1.82, 2.24) is 4.90 Å². The number of nitrogens with zero attached hydrogens (tertiary/aromatic N) is 2. The Morgan fingerprint density at radius 1 is 0.957 bits per heavy atom. The van der Waals surface area contributed by atoms with Gasteiger partial charge < -0.3 is 35.5 Å². The van der Waals surface area contributed by atoms with Gasteiger partial charge in [-0.05, 0) is 101 Å². The first-order valence-corrected chi connectivity index (χ1v) is 15.3. The molecule has 1 aliphatic heterocycles. The predicted octanol–water partition coefficient (Wildman–Crippen LogP) is 5.48. The van der Waals surface area contributed by atoms with Gasteiger partial charge in [0.05, 0.1) is 19.3 Å². The largest absolute Gasteiger partial charge is 0.493 e. The van der Waals surface area contributed by atoms with Crippen LogP contribution in [0.3, 0.4) is 0 Å². The normalized spacial score (nSPS) is 16.4. The summed E-state index contributed by atoms with van der Waals surface area (Å²) in [5, 5.41) is 5.28. The fourth-order valence-corrected chi connectivity index (χ4v) is 5.27. The summed E-state index contributed by atoms with van der Waals surface area (Å²) in [6.45, 7) is 4.70. The highest BCUT2D eigenvalue weighted by atomic mass is 19.1. The number of amides is 2. The van der Waals surface area contributed by atoms with Gasteiger partial charge in [0.2, 0.25) is 17.7 Å². The summed E-state index contributed by atoms with van der Waals surface area (Å²) >= 11 is 0. The average Bonchev–Trinajstić information content (AvgIpc) is 3.86. The van der Waals surface area contributed by atoms with Crippen molar-refractivity contribution in [3.63, 3.8) is 0 Å². The summed E-state index contributed by atoms with van der Waals surface area (Å²) in [5.41, 5.74) is 6.32. The van der Waals surface area contributed by atoms with Crippen molar-refractivity contribution in [2.24, 2.45) is 16.3 Å². The molecule has 3 aromatic carbocycles. The van der Waals surface area contributed by atoms with Crippen molar-refractivity contribution < 1.29 is 32.6 Å². The minimum absolute atomic E-state index is 0.0943. The topological polar surface area (TPSA) is 128 Å². The third-order valence-corrected chi connectivity index (χ3v) is 8.30. The smallest absolute Gasteiger partial charge is 0.240 e. The molecule has 1 heterocycles. The number of nitrogens with one attached hydrogen (secondary N) is 2. The molecule has 3 aromatic rings. The maximum absolute atomic E-state index is 15.3. The average molecular weight is 636 g/mol. The van der Waals surface area contributed by atoms with Crippen molar-refractivity contribution in [2.45, 2.75) is 32.6 Å². The van der Waals surface area contributed by atoms with E-state index in [1.54, 1.807) is 12.1 Å². The number of nitrogens with two attached hydrogens (primary N) is 1. The van der Waals surface area contributed by atoms with Crippen LogP contribution in [0.4, 0.5) is 25.8 Å². The Labute approximate surface area is 266 Å². The van der Waals surface area contributed by atoms with Crippen molar-refractivity contribution in [3.8, 4) is 17.2 Å². The van der Waals surface area contributed by atoms with Crippen molar-refractivity contribution in [1.29, 1.82) is 0 Å². The van der Waals surface area contributed by atoms with Crippen LogP contribution < -0.4 is 30.6 Å². The number of halogens is 2. The van der Waals surface area contributed by atoms with Gasteiger partial charge in [-0.3, -0.25) is 14.6 Å². The highest BCUT2D eigenvalue weighted by Crippen LogP contribution is 2.47. The molecule has 1 saturated carbocycles. The van der Waals surface area contributed by atoms with E-state index in [1.807, 2.05) is 6.92 Å². The monoisotopic (exact) mass is 635 g/mol. The Bertz CT molecular complexity index is 1600. The molecule has 12 heteroatoms. The van der Waals surface area contributed by atoms with E-state index >= 15 is 4.39 Å². The molecule has 0 radical (unpaired) electrons. The Morgan fingerprint density at radius 3 is 2.22 bits per heavy atom. The van der Waals surface area contributed by atoms with Gasteiger partial charge >= 0.3 is 0 Å². The number of ether oxygens (including phenoxy) is 3. The van der Waals surface area contributed by atoms with E-state index in [0.29, 0.717) is 60.3 Å². The van der Waals surface area contributed by atoms with E-state index in [1.165, 1.54) is 43.5 Å². The number of nitrogen functional groups attached to an aromatic ring is 1. The fourth-order valence-electron chi connectivity index (χ4n) is 5.27. The van der Waals surface area contributed by atoms with Gasteiger partial charge in [-0.25, -0.2) is 8.78 Å². The third-order valence-electron chi connectivity index (χ3n) is 8.30. The lowest BCUT2D eigenvalue weighted by atomic mass is 9.98. The number of aliphatic imine (C=N–C) groups is 1. The van der Waals surface area contributed by atoms with Crippen LogP contribution in [-0.2, 0) is 9.59 Å². The van der Waals surface area contributed by atoms with Crippen LogP contribution in [0.1, 0.15) is 38.2 Å². The van der Waals surface area contributed by atoms with E-state index in [0.717, 1.165) is 32.0 Å². The molecule has 244 valence electrons. The summed E-state index contributed by atoms with van der Waals surface area (Å²) in [5.74, 6) is -0.950. The molecule has 0 atom stereocenters. The minimum Gasteiger partial charge on any atom is -0.493 e. The van der Waals surface area contributed by atoms with Gasteiger partial charge in [-0.2, -0.15) is 0 Å². The van der Waals surface area contributed by atoms with Gasteiger partial charge in [0.25, 0.3) is 0 Å². The van der Waals surface area contributed by atoms with Gasteiger partial charge in [0, 0.05) is 35.7 Å². The second-order valence-electron chi connectivity index (χ2n) is 11.7. The Hall–Kier alpha value is -4.71. The number of benzene rings is 3. The van der Waals surface area contributed by atoms with Crippen LogP contribution >= 0.6 is 0 Å². The number of carbonyl (C=O) groups is 2. The van der Waals surface area contributed by atoms with Gasteiger partial charge in [0.1, 0.15) is 11.2 Å². The van der Waals surface area contributed by atoms with Crippen LogP contribution in [0.15, 0.2) is 59.6 Å². The zero-order valence-corrected chi connectivity index (χ0v) is 26.2. The molecule has 0 spiro atoms. The molecule has 0 bridgehead atoms. The van der Waals surface area contributed by atoms with Gasteiger partial charge in [-0.1, -0.05) is 0 Å². The van der Waals surface area contributed by atoms with Crippen LogP contribution in [0, 0.1) is 23.0 Å². The van der Waals surface area contributed by atoms with E-state index in [4.69, 9.17) is 19.9 Å². The third kappa shape index (κ3) is 7.56. The molecule has 5 rings (SSSR count). The SMILES string of the molecule is CCN=C(Oc1ccc(NC(=O)C2(C(=O)Nc3ccc(F)cc3)CC2)cc1F)c1cc(OCC2CCN(C)CC2)c(OC)cc1N. The summed E-state index contributed by atoms with van der Waals surface area (Å²) in [4.78, 5) is 32.7. The molecular formula is C34H39F2N5O5. The first kappa shape index (κ1) is 32.7. The molecule has 2 amide bonds. The summed E-state index contributed by atoms with van der Waals surface area (Å²) in [6, 6.07) is 12.5. The zero-order chi connectivity index (χ0) is 32.8. The lowest BCUT2D eigenvalue weighted by Crippen LogP contribution is -2.35. The van der Waals surface area contributed by atoms with E-state index in [-0.39, 0.29) is 17.3 Å². The summed E-state index contributed by atoms with van der Waals surface area (Å²) in [7, 11) is 3.64. The lowest BCUT2D eigenvalue weighted by molar-refractivity contribution is -0.131. The van der Waals surface area contributed by atoms with Crippen molar-refractivity contribution in [2.75, 3.05) is 56.8 Å². The number of rotatable bonds is 11. The van der Waals surface area contributed by atoms with Crippen molar-refractivity contribution >= 4 is 34.8 Å². The molecule has 0 unspecified atom stereocenters. The standard InChI is InChI=1S/C34H39F2N5O5/c1-4-38-31(25-18-30(29(44-3)19-27(25)37)45-20-21-11-15-41(2)16-12-21)46-28-10-9-24(17-26(28)36)40-33(43)34(13-14-34)32(42)39-23-7-5-22(35)6-8-23/h5-10,17-19,21H,4,11-16,20,37H2,1-3H3,(H,39,42)(H,40,43). The first-order chi connectivity index (χ1) is 22.1. The minimum atomic E-state index is -1.29. The molecule has 1 aliphatic carbocycles. The predicted molar refractivity (Wildman–Crippen MR) is 173 cm³/mol. The molecule has 0 aromatic heterocycles. The number of anilines is 3. The lowest BCUT2D eigenvalue weighted by Gasteiger charge is -2.29. The Morgan fingerprint density at radius 2 is 1.61 bits per heavy atom. The number of methoxy groups -OCH3 is 1. The molecular weight excluding hydrogens is 596 g/mol. The molecule has 4 N–H and O–H groups in total. The highest BCUT2D eigenvalue weighted by molar-refractivity contribution is 6.17. The van der Waals surface area contributed by atoms with Crippen molar-refractivity contribution in [3.05, 3.63) is 71.8 Å². The zero-order valence-electron chi connectivity index (χ0n) is 26.2. The van der Waals surface area contributed by atoms with E-state index in [2.05, 4.69) is 27.6 Å². The fraction of sp³-hybridized carbons (Fsp3) is 0.382. The quantitative estimate of drug-likeness (QED) is 0.110. The first-order valence-electron chi connectivity index (χ1n) is 15.3. The van der Waals surface area contributed by atoms with E-state index < -0.39 is 28.9 Å². The number of piperidine rings is 1.